The van der Waals surface area contributed by atoms with Gasteiger partial charge in [-0.2, -0.15) is 14.0 Å². The number of halogens is 2. The summed E-state index contributed by atoms with van der Waals surface area (Å²) in [6.45, 7) is -2.65. The zero-order chi connectivity index (χ0) is 13.7. The maximum Gasteiger partial charge on any atom is 0.387 e. The second-order valence-corrected chi connectivity index (χ2v) is 3.44. The van der Waals surface area contributed by atoms with Gasteiger partial charge in [0.2, 0.25) is 0 Å². The SMILES string of the molecule is O=C(NCc1ccc(OC(F)F)cc1)c1nn[nH]n1. The topological polar surface area (TPSA) is 92.8 Å². The first-order chi connectivity index (χ1) is 9.15. The number of carbonyl (C=O) groups excluding carboxylic acids is 1. The molecule has 9 heteroatoms. The van der Waals surface area contributed by atoms with Crippen LogP contribution in [0.4, 0.5) is 8.78 Å². The lowest BCUT2D eigenvalue weighted by Gasteiger charge is -2.06. The second-order valence-electron chi connectivity index (χ2n) is 3.44. The number of hydrogen-bond donors (Lipinski definition) is 2. The first-order valence-corrected chi connectivity index (χ1v) is 5.20. The van der Waals surface area contributed by atoms with Crippen LogP contribution >= 0.6 is 0 Å². The van der Waals surface area contributed by atoms with E-state index in [-0.39, 0.29) is 18.1 Å². The van der Waals surface area contributed by atoms with Gasteiger partial charge in [0.25, 0.3) is 11.7 Å². The van der Waals surface area contributed by atoms with Crippen LogP contribution in [0.1, 0.15) is 16.2 Å². The monoisotopic (exact) mass is 269 g/mol. The molecule has 0 unspecified atom stereocenters. The highest BCUT2D eigenvalue weighted by Gasteiger charge is 2.10. The number of nitrogens with zero attached hydrogens (tertiary/aromatic N) is 3. The Morgan fingerprint density at radius 2 is 2.11 bits per heavy atom. The highest BCUT2D eigenvalue weighted by Crippen LogP contribution is 2.14. The number of tetrazole rings is 1. The summed E-state index contributed by atoms with van der Waals surface area (Å²) in [4.78, 5) is 11.5. The molecule has 0 atom stereocenters. The highest BCUT2D eigenvalue weighted by molar-refractivity contribution is 5.89. The van der Waals surface area contributed by atoms with Crippen molar-refractivity contribution in [3.05, 3.63) is 35.7 Å². The van der Waals surface area contributed by atoms with Crippen LogP contribution in [0, 0.1) is 0 Å². The van der Waals surface area contributed by atoms with E-state index in [1.807, 2.05) is 0 Å². The Kier molecular flexibility index (Phi) is 3.96. The van der Waals surface area contributed by atoms with E-state index in [2.05, 4.69) is 30.7 Å². The molecule has 0 saturated heterocycles. The van der Waals surface area contributed by atoms with E-state index in [0.717, 1.165) is 5.56 Å². The molecule has 0 spiro atoms. The van der Waals surface area contributed by atoms with Crippen LogP contribution < -0.4 is 10.1 Å². The Hall–Kier alpha value is -2.58. The molecule has 0 fully saturated rings. The summed E-state index contributed by atoms with van der Waals surface area (Å²) in [5.41, 5.74) is 0.721. The third-order valence-electron chi connectivity index (χ3n) is 2.15. The summed E-state index contributed by atoms with van der Waals surface area (Å²) in [6, 6.07) is 5.91. The minimum absolute atomic E-state index is 0.0586. The predicted octanol–water partition coefficient (Wildman–Crippen LogP) is 0.731. The fraction of sp³-hybridized carbons (Fsp3) is 0.200. The van der Waals surface area contributed by atoms with Gasteiger partial charge in [-0.05, 0) is 22.9 Å². The van der Waals surface area contributed by atoms with Crippen LogP contribution in [-0.4, -0.2) is 33.1 Å². The smallest absolute Gasteiger partial charge is 0.387 e. The van der Waals surface area contributed by atoms with Gasteiger partial charge in [0.15, 0.2) is 0 Å². The number of H-pyrrole nitrogens is 1. The van der Waals surface area contributed by atoms with E-state index in [1.165, 1.54) is 12.1 Å². The largest absolute Gasteiger partial charge is 0.435 e. The van der Waals surface area contributed by atoms with Crippen LogP contribution in [0.5, 0.6) is 5.75 Å². The van der Waals surface area contributed by atoms with Gasteiger partial charge < -0.3 is 10.1 Å². The molecule has 100 valence electrons. The molecular weight excluding hydrogens is 260 g/mol. The molecule has 1 amide bonds. The van der Waals surface area contributed by atoms with Gasteiger partial charge in [0.1, 0.15) is 5.75 Å². The standard InChI is InChI=1S/C10H9F2N5O2/c11-10(12)19-7-3-1-6(2-4-7)5-13-9(18)8-14-16-17-15-8/h1-4,10H,5H2,(H,13,18)(H,14,15,16,17). The number of aromatic amines is 1. The van der Waals surface area contributed by atoms with Crippen molar-refractivity contribution >= 4 is 5.91 Å². The maximum atomic E-state index is 11.9. The lowest BCUT2D eigenvalue weighted by molar-refractivity contribution is -0.0498. The van der Waals surface area contributed by atoms with E-state index in [9.17, 15) is 13.6 Å². The Morgan fingerprint density at radius 1 is 1.37 bits per heavy atom. The zero-order valence-electron chi connectivity index (χ0n) is 9.51. The van der Waals surface area contributed by atoms with Gasteiger partial charge in [-0.25, -0.2) is 0 Å². The van der Waals surface area contributed by atoms with Gasteiger partial charge in [0.05, 0.1) is 0 Å². The first-order valence-electron chi connectivity index (χ1n) is 5.20. The van der Waals surface area contributed by atoms with Crippen LogP contribution in [0.3, 0.4) is 0 Å². The van der Waals surface area contributed by atoms with Crippen molar-refractivity contribution in [1.82, 2.24) is 25.9 Å². The number of amides is 1. The molecule has 7 nitrogen and oxygen atoms in total. The Morgan fingerprint density at radius 3 is 2.68 bits per heavy atom. The van der Waals surface area contributed by atoms with Crippen molar-refractivity contribution in [2.45, 2.75) is 13.2 Å². The molecule has 0 radical (unpaired) electrons. The summed E-state index contributed by atoms with van der Waals surface area (Å²) in [5, 5.41) is 15.0. The second kappa shape index (κ2) is 5.85. The summed E-state index contributed by atoms with van der Waals surface area (Å²) in [7, 11) is 0. The van der Waals surface area contributed by atoms with Crippen LogP contribution in [0.25, 0.3) is 0 Å². The van der Waals surface area contributed by atoms with E-state index in [1.54, 1.807) is 12.1 Å². The number of ether oxygens (including phenoxy) is 1. The van der Waals surface area contributed by atoms with Gasteiger partial charge in [-0.3, -0.25) is 4.79 Å². The van der Waals surface area contributed by atoms with Crippen molar-refractivity contribution in [1.29, 1.82) is 0 Å². The Balaban J connectivity index is 1.88. The Bertz CT molecular complexity index is 529. The lowest BCUT2D eigenvalue weighted by atomic mass is 10.2. The number of aromatic nitrogens is 4. The predicted molar refractivity (Wildman–Crippen MR) is 58.4 cm³/mol. The fourth-order valence-corrected chi connectivity index (χ4v) is 1.31. The van der Waals surface area contributed by atoms with Crippen LogP contribution in [0.15, 0.2) is 24.3 Å². The average Bonchev–Trinajstić information content (AvgIpc) is 2.91. The Labute approximate surface area is 106 Å². The van der Waals surface area contributed by atoms with E-state index in [0.29, 0.717) is 0 Å². The summed E-state index contributed by atoms with van der Waals surface area (Å²) in [5.74, 6) is -0.498. The number of benzene rings is 1. The molecule has 2 rings (SSSR count). The quantitative estimate of drug-likeness (QED) is 0.834. The van der Waals surface area contributed by atoms with Gasteiger partial charge in [0, 0.05) is 6.54 Å². The number of hydrogen-bond acceptors (Lipinski definition) is 5. The molecular formula is C10H9F2N5O2. The molecule has 1 aromatic carbocycles. The summed E-state index contributed by atoms with van der Waals surface area (Å²) in [6.07, 6.45) is 0. The number of carbonyl (C=O) groups is 1. The van der Waals surface area contributed by atoms with Crippen molar-refractivity contribution in [3.63, 3.8) is 0 Å². The van der Waals surface area contributed by atoms with Crippen molar-refractivity contribution in [2.24, 2.45) is 0 Å². The molecule has 1 heterocycles. The molecule has 0 bridgehead atoms. The van der Waals surface area contributed by atoms with E-state index < -0.39 is 12.5 Å². The number of alkyl halides is 2. The van der Waals surface area contributed by atoms with Crippen molar-refractivity contribution in [3.8, 4) is 5.75 Å². The molecule has 0 aliphatic heterocycles. The van der Waals surface area contributed by atoms with Gasteiger partial charge in [-0.15, -0.1) is 10.2 Å². The van der Waals surface area contributed by atoms with Gasteiger partial charge >= 0.3 is 6.61 Å². The van der Waals surface area contributed by atoms with Crippen molar-refractivity contribution < 1.29 is 18.3 Å². The third kappa shape index (κ3) is 3.69. The molecule has 0 saturated carbocycles. The molecule has 2 aromatic rings. The first kappa shape index (κ1) is 12.9. The summed E-state index contributed by atoms with van der Waals surface area (Å²) < 4.78 is 28.1. The van der Waals surface area contributed by atoms with Crippen molar-refractivity contribution in [2.75, 3.05) is 0 Å². The molecule has 19 heavy (non-hydrogen) atoms. The molecule has 2 N–H and O–H groups in total. The normalized spacial score (nSPS) is 10.5. The fourth-order valence-electron chi connectivity index (χ4n) is 1.31. The van der Waals surface area contributed by atoms with Crippen LogP contribution in [-0.2, 0) is 6.54 Å². The maximum absolute atomic E-state index is 11.9. The number of nitrogens with one attached hydrogen (secondary N) is 2. The number of rotatable bonds is 5. The lowest BCUT2D eigenvalue weighted by Crippen LogP contribution is -2.24. The third-order valence-corrected chi connectivity index (χ3v) is 2.15. The zero-order valence-corrected chi connectivity index (χ0v) is 9.51. The summed E-state index contributed by atoms with van der Waals surface area (Å²) >= 11 is 0. The molecule has 0 aliphatic carbocycles. The molecule has 1 aromatic heterocycles. The van der Waals surface area contributed by atoms with E-state index >= 15 is 0 Å². The minimum atomic E-state index is -2.86. The minimum Gasteiger partial charge on any atom is -0.435 e. The van der Waals surface area contributed by atoms with Gasteiger partial charge in [-0.1, -0.05) is 12.1 Å². The van der Waals surface area contributed by atoms with E-state index in [4.69, 9.17) is 0 Å². The van der Waals surface area contributed by atoms with Crippen LogP contribution in [0.2, 0.25) is 0 Å². The highest BCUT2D eigenvalue weighted by atomic mass is 19.3. The average molecular weight is 269 g/mol. The molecule has 0 aliphatic rings.